The first-order valence-electron chi connectivity index (χ1n) is 6.36. The number of benzene rings is 1. The van der Waals surface area contributed by atoms with Crippen molar-refractivity contribution in [2.45, 2.75) is 10.9 Å². The third kappa shape index (κ3) is 2.15. The van der Waals surface area contributed by atoms with Gasteiger partial charge < -0.3 is 5.32 Å². The minimum absolute atomic E-state index is 0.135. The average molecular weight is 331 g/mol. The van der Waals surface area contributed by atoms with Gasteiger partial charge in [0, 0.05) is 13.1 Å². The van der Waals surface area contributed by atoms with Gasteiger partial charge in [-0.3, -0.25) is 9.69 Å². The van der Waals surface area contributed by atoms with Crippen molar-refractivity contribution in [1.82, 2.24) is 14.5 Å². The molecule has 1 N–H and O–H groups in total. The Bertz CT molecular complexity index is 725. The molecule has 7 nitrogen and oxygen atoms in total. The monoisotopic (exact) mass is 331 g/mol. The largest absolute Gasteiger partial charge is 0.329 e. The van der Waals surface area contributed by atoms with E-state index in [9.17, 15) is 26.8 Å². The van der Waals surface area contributed by atoms with E-state index in [0.29, 0.717) is 0 Å². The quantitative estimate of drug-likeness (QED) is 0.783. The molecule has 2 fully saturated rings. The summed E-state index contributed by atoms with van der Waals surface area (Å²) in [6.45, 7) is -0.505. The number of nitrogens with zero attached hydrogens (tertiary/aromatic N) is 2. The highest BCUT2D eigenvalue weighted by Crippen LogP contribution is 2.28. The molecule has 2 saturated heterocycles. The molecule has 0 aliphatic carbocycles. The Morgan fingerprint density at radius 1 is 1.14 bits per heavy atom. The summed E-state index contributed by atoms with van der Waals surface area (Å²) >= 11 is 0. The molecule has 2 aliphatic heterocycles. The molecule has 1 aromatic rings. The minimum atomic E-state index is -4.35. The van der Waals surface area contributed by atoms with E-state index in [1.807, 2.05) is 0 Å². The fraction of sp³-hybridized carbons (Fsp3) is 0.333. The van der Waals surface area contributed by atoms with Crippen LogP contribution in [0.2, 0.25) is 0 Å². The molecule has 2 aliphatic rings. The third-order valence-electron chi connectivity index (χ3n) is 3.59. The van der Waals surface area contributed by atoms with Crippen LogP contribution in [0.15, 0.2) is 23.1 Å². The molecule has 118 valence electrons. The van der Waals surface area contributed by atoms with Crippen LogP contribution in [0.5, 0.6) is 0 Å². The minimum Gasteiger partial charge on any atom is -0.329 e. The van der Waals surface area contributed by atoms with Crippen molar-refractivity contribution in [2.24, 2.45) is 0 Å². The Morgan fingerprint density at radius 3 is 2.23 bits per heavy atom. The van der Waals surface area contributed by atoms with Crippen molar-refractivity contribution in [3.63, 3.8) is 0 Å². The summed E-state index contributed by atoms with van der Waals surface area (Å²) in [7, 11) is -4.35. The van der Waals surface area contributed by atoms with E-state index in [2.05, 4.69) is 5.32 Å². The number of hydrogen-bond acceptors (Lipinski definition) is 4. The van der Waals surface area contributed by atoms with Gasteiger partial charge >= 0.3 is 6.03 Å². The summed E-state index contributed by atoms with van der Waals surface area (Å²) in [4.78, 5) is 22.9. The lowest BCUT2D eigenvalue weighted by Gasteiger charge is -2.41. The van der Waals surface area contributed by atoms with Crippen molar-refractivity contribution in [2.75, 3.05) is 19.6 Å². The van der Waals surface area contributed by atoms with E-state index >= 15 is 0 Å². The number of carbonyl (C=O) groups excluding carboxylic acids is 2. The maximum atomic E-state index is 13.6. The lowest BCUT2D eigenvalue weighted by Crippen LogP contribution is -2.62. The van der Waals surface area contributed by atoms with Crippen molar-refractivity contribution in [3.05, 3.63) is 29.8 Å². The van der Waals surface area contributed by atoms with E-state index < -0.39 is 44.5 Å². The highest BCUT2D eigenvalue weighted by molar-refractivity contribution is 7.89. The molecule has 0 aromatic heterocycles. The summed E-state index contributed by atoms with van der Waals surface area (Å²) in [5.41, 5.74) is 0. The lowest BCUT2D eigenvalue weighted by molar-refractivity contribution is -0.128. The van der Waals surface area contributed by atoms with E-state index in [-0.39, 0.29) is 19.6 Å². The first-order valence-corrected chi connectivity index (χ1v) is 7.80. The summed E-state index contributed by atoms with van der Waals surface area (Å²) in [5, 5.41) is 2.32. The predicted molar refractivity (Wildman–Crippen MR) is 69.1 cm³/mol. The topological polar surface area (TPSA) is 86.8 Å². The second-order valence-electron chi connectivity index (χ2n) is 4.95. The van der Waals surface area contributed by atoms with E-state index in [4.69, 9.17) is 0 Å². The van der Waals surface area contributed by atoms with Gasteiger partial charge in [-0.05, 0) is 12.1 Å². The molecule has 22 heavy (non-hydrogen) atoms. The first kappa shape index (κ1) is 14.9. The number of halogens is 2. The van der Waals surface area contributed by atoms with Crippen LogP contribution in [-0.2, 0) is 14.8 Å². The second-order valence-corrected chi connectivity index (χ2v) is 6.82. The van der Waals surface area contributed by atoms with Crippen molar-refractivity contribution in [1.29, 1.82) is 0 Å². The Labute approximate surface area is 124 Å². The molecule has 10 heteroatoms. The molecule has 0 bridgehead atoms. The molecule has 0 unspecified atom stereocenters. The van der Waals surface area contributed by atoms with E-state index in [1.165, 1.54) is 0 Å². The van der Waals surface area contributed by atoms with Crippen LogP contribution in [0.1, 0.15) is 0 Å². The van der Waals surface area contributed by atoms with Gasteiger partial charge in [0.25, 0.3) is 0 Å². The summed E-state index contributed by atoms with van der Waals surface area (Å²) in [6, 6.07) is 1.55. The lowest BCUT2D eigenvalue weighted by atomic mass is 10.1. The highest BCUT2D eigenvalue weighted by atomic mass is 32.2. The van der Waals surface area contributed by atoms with Crippen LogP contribution in [0.4, 0.5) is 13.6 Å². The Balaban J connectivity index is 1.80. The van der Waals surface area contributed by atoms with E-state index in [0.717, 1.165) is 27.4 Å². The number of sulfonamides is 1. The Kier molecular flexibility index (Phi) is 3.37. The third-order valence-corrected chi connectivity index (χ3v) is 5.47. The van der Waals surface area contributed by atoms with Crippen molar-refractivity contribution < 1.29 is 26.8 Å². The Morgan fingerprint density at radius 2 is 1.73 bits per heavy atom. The van der Waals surface area contributed by atoms with Gasteiger partial charge in [0.2, 0.25) is 15.9 Å². The molecule has 0 spiro atoms. The maximum absolute atomic E-state index is 13.6. The predicted octanol–water partition coefficient (Wildman–Crippen LogP) is -0.111. The fourth-order valence-corrected chi connectivity index (χ4v) is 4.06. The molecule has 2 heterocycles. The molecule has 0 saturated carbocycles. The van der Waals surface area contributed by atoms with Gasteiger partial charge in [-0.2, -0.15) is 4.31 Å². The fourth-order valence-electron chi connectivity index (χ4n) is 2.44. The van der Waals surface area contributed by atoms with Gasteiger partial charge in [-0.25, -0.2) is 22.0 Å². The molecular weight excluding hydrogens is 320 g/mol. The van der Waals surface area contributed by atoms with Gasteiger partial charge in [0.1, 0.15) is 11.6 Å². The summed E-state index contributed by atoms with van der Waals surface area (Å²) < 4.78 is 52.5. The molecule has 0 atom stereocenters. The van der Waals surface area contributed by atoms with Gasteiger partial charge in [-0.1, -0.05) is 6.07 Å². The molecule has 0 radical (unpaired) electrons. The average Bonchev–Trinajstić information content (AvgIpc) is 2.68. The number of amides is 3. The van der Waals surface area contributed by atoms with Gasteiger partial charge in [0.15, 0.2) is 4.90 Å². The zero-order valence-electron chi connectivity index (χ0n) is 11.1. The summed E-state index contributed by atoms with van der Waals surface area (Å²) in [6.07, 6.45) is 0. The SMILES string of the molecule is O=C1CNC(=O)N1C1CN(S(=O)(=O)c2c(F)cccc2F)C1. The van der Waals surface area contributed by atoms with Crippen molar-refractivity contribution in [3.8, 4) is 0 Å². The zero-order chi connectivity index (χ0) is 16.1. The number of urea groups is 1. The molecule has 3 amide bonds. The molecule has 3 rings (SSSR count). The Hall–Kier alpha value is -2.07. The highest BCUT2D eigenvalue weighted by Gasteiger charge is 2.46. The molecular formula is C12H11F2N3O4S. The zero-order valence-corrected chi connectivity index (χ0v) is 11.9. The van der Waals surface area contributed by atoms with Crippen LogP contribution in [0, 0.1) is 11.6 Å². The van der Waals surface area contributed by atoms with Crippen molar-refractivity contribution >= 4 is 22.0 Å². The first-order chi connectivity index (χ1) is 10.3. The number of hydrogen-bond donors (Lipinski definition) is 1. The van der Waals surface area contributed by atoms with E-state index in [1.54, 1.807) is 0 Å². The van der Waals surface area contributed by atoms with Crippen LogP contribution >= 0.6 is 0 Å². The van der Waals surface area contributed by atoms with Gasteiger partial charge in [0.05, 0.1) is 12.6 Å². The van der Waals surface area contributed by atoms with Crippen LogP contribution in [0.3, 0.4) is 0 Å². The van der Waals surface area contributed by atoms with Crippen LogP contribution < -0.4 is 5.32 Å². The van der Waals surface area contributed by atoms with Crippen LogP contribution in [0.25, 0.3) is 0 Å². The number of imide groups is 1. The normalized spacial score (nSPS) is 20.2. The number of nitrogens with one attached hydrogen (secondary N) is 1. The maximum Gasteiger partial charge on any atom is 0.324 e. The van der Waals surface area contributed by atoms with Crippen LogP contribution in [-0.4, -0.2) is 55.2 Å². The number of rotatable bonds is 3. The van der Waals surface area contributed by atoms with Gasteiger partial charge in [-0.15, -0.1) is 0 Å². The summed E-state index contributed by atoms with van der Waals surface area (Å²) in [5.74, 6) is -2.82. The molecule has 1 aromatic carbocycles. The second kappa shape index (κ2) is 4.99. The standard InChI is InChI=1S/C12H11F2N3O4S/c13-8-2-1-3-9(14)11(8)22(20,21)16-5-7(6-16)17-10(18)4-15-12(17)19/h1-3,7H,4-6H2,(H,15,19). The smallest absolute Gasteiger partial charge is 0.324 e. The number of carbonyl (C=O) groups is 2.